The van der Waals surface area contributed by atoms with Gasteiger partial charge in [-0.2, -0.15) is 0 Å². The Balaban J connectivity index is 1.53. The van der Waals surface area contributed by atoms with E-state index in [0.717, 1.165) is 34.9 Å². The lowest BCUT2D eigenvalue weighted by Crippen LogP contribution is -2.43. The molecule has 1 heterocycles. The topological polar surface area (TPSA) is 56.4 Å². The fourth-order valence-corrected chi connectivity index (χ4v) is 4.34. The number of unbranched alkanes of at least 4 members (excludes halogenated alkanes) is 1. The lowest BCUT2D eigenvalue weighted by Gasteiger charge is -2.28. The van der Waals surface area contributed by atoms with Gasteiger partial charge < -0.3 is 14.8 Å². The molecule has 0 aliphatic heterocycles. The van der Waals surface area contributed by atoms with E-state index in [1.165, 1.54) is 41.3 Å². The van der Waals surface area contributed by atoms with Crippen molar-refractivity contribution in [3.05, 3.63) is 107 Å². The van der Waals surface area contributed by atoms with E-state index in [9.17, 15) is 18.4 Å². The number of rotatable bonds is 11. The first-order valence-corrected chi connectivity index (χ1v) is 12.6. The fraction of sp³-hybridized carbons (Fsp3) is 0.267. The van der Waals surface area contributed by atoms with Gasteiger partial charge in [-0.25, -0.2) is 8.78 Å². The highest BCUT2D eigenvalue weighted by Crippen LogP contribution is 2.19. The summed E-state index contributed by atoms with van der Waals surface area (Å²) in [5, 5.41) is 1.10. The summed E-state index contributed by atoms with van der Waals surface area (Å²) in [5.74, 6) is -1.26. The Morgan fingerprint density at radius 3 is 2.22 bits per heavy atom. The molecule has 5 nitrogen and oxygen atoms in total. The minimum Gasteiger partial charge on any atom is -0.361 e. The molecule has 0 unspecified atom stereocenters. The van der Waals surface area contributed by atoms with E-state index in [2.05, 4.69) is 4.98 Å². The molecule has 0 saturated heterocycles. The second-order valence-electron chi connectivity index (χ2n) is 9.14. The molecule has 37 heavy (non-hydrogen) atoms. The highest BCUT2D eigenvalue weighted by Gasteiger charge is 2.23. The maximum Gasteiger partial charge on any atom is 0.254 e. The number of halogens is 2. The van der Waals surface area contributed by atoms with Crippen LogP contribution in [0.5, 0.6) is 0 Å². The van der Waals surface area contributed by atoms with Crippen LogP contribution in [0.15, 0.2) is 79.0 Å². The molecule has 1 aromatic heterocycles. The van der Waals surface area contributed by atoms with Crippen LogP contribution in [0.4, 0.5) is 8.78 Å². The van der Waals surface area contributed by atoms with Gasteiger partial charge >= 0.3 is 0 Å². The molecule has 0 atom stereocenters. The summed E-state index contributed by atoms with van der Waals surface area (Å²) in [7, 11) is 0. The summed E-state index contributed by atoms with van der Waals surface area (Å²) in [6.45, 7) is 3.08. The smallest absolute Gasteiger partial charge is 0.254 e. The number of aromatic amines is 1. The second-order valence-corrected chi connectivity index (χ2v) is 9.14. The number of hydrogen-bond acceptors (Lipinski definition) is 2. The number of para-hydroxylation sites is 1. The Kier molecular flexibility index (Phi) is 8.67. The minimum atomic E-state index is -0.421. The van der Waals surface area contributed by atoms with E-state index in [-0.39, 0.29) is 24.2 Å². The standard InChI is InChI=1S/C30H31F2N3O2/c1-2-3-17-35(30(37)23-10-14-26(32)15-11-23)21-29(36)34(20-22-8-12-25(31)13-9-22)18-16-24-19-33-28-7-5-4-6-27(24)28/h4-15,19,33H,2-3,16-18,20-21H2,1H3. The predicted octanol–water partition coefficient (Wildman–Crippen LogP) is 5.96. The molecule has 0 fully saturated rings. The van der Waals surface area contributed by atoms with Crippen molar-refractivity contribution >= 4 is 22.7 Å². The summed E-state index contributed by atoms with van der Waals surface area (Å²) < 4.78 is 26.9. The molecule has 4 aromatic rings. The van der Waals surface area contributed by atoms with Gasteiger partial charge in [0.15, 0.2) is 0 Å². The van der Waals surface area contributed by atoms with Crippen molar-refractivity contribution in [1.82, 2.24) is 14.8 Å². The molecule has 7 heteroatoms. The molecule has 0 radical (unpaired) electrons. The van der Waals surface area contributed by atoms with Gasteiger partial charge in [-0.05, 0) is 66.4 Å². The maximum atomic E-state index is 13.6. The van der Waals surface area contributed by atoms with Crippen LogP contribution in [-0.2, 0) is 17.8 Å². The van der Waals surface area contributed by atoms with E-state index in [1.807, 2.05) is 37.4 Å². The Bertz CT molecular complexity index is 1330. The Morgan fingerprint density at radius 2 is 1.51 bits per heavy atom. The van der Waals surface area contributed by atoms with Crippen LogP contribution in [-0.4, -0.2) is 46.2 Å². The normalized spacial score (nSPS) is 11.0. The van der Waals surface area contributed by atoms with Gasteiger partial charge in [0.05, 0.1) is 0 Å². The zero-order valence-electron chi connectivity index (χ0n) is 20.9. The molecule has 0 spiro atoms. The number of aromatic nitrogens is 1. The van der Waals surface area contributed by atoms with Crippen LogP contribution in [0.25, 0.3) is 10.9 Å². The highest BCUT2D eigenvalue weighted by atomic mass is 19.1. The third kappa shape index (κ3) is 6.82. The molecule has 2 amide bonds. The molecule has 3 aromatic carbocycles. The summed E-state index contributed by atoms with van der Waals surface area (Å²) in [4.78, 5) is 33.3. The number of amides is 2. The van der Waals surface area contributed by atoms with Gasteiger partial charge in [0.25, 0.3) is 5.91 Å². The summed E-state index contributed by atoms with van der Waals surface area (Å²) in [6.07, 6.45) is 4.18. The monoisotopic (exact) mass is 503 g/mol. The van der Waals surface area contributed by atoms with Crippen LogP contribution in [0.2, 0.25) is 0 Å². The third-order valence-electron chi connectivity index (χ3n) is 6.45. The summed E-state index contributed by atoms with van der Waals surface area (Å²) >= 11 is 0. The number of carbonyl (C=O) groups is 2. The SMILES string of the molecule is CCCCN(CC(=O)N(CCc1c[nH]c2ccccc12)Cc1ccc(F)cc1)C(=O)c1ccc(F)cc1. The number of fused-ring (bicyclic) bond motifs is 1. The number of nitrogens with one attached hydrogen (secondary N) is 1. The zero-order chi connectivity index (χ0) is 26.2. The first kappa shape index (κ1) is 26.1. The molecular formula is C30H31F2N3O2. The van der Waals surface area contributed by atoms with Crippen LogP contribution < -0.4 is 0 Å². The average molecular weight is 504 g/mol. The Morgan fingerprint density at radius 1 is 0.838 bits per heavy atom. The van der Waals surface area contributed by atoms with E-state index in [1.54, 1.807) is 17.0 Å². The van der Waals surface area contributed by atoms with Crippen molar-refractivity contribution < 1.29 is 18.4 Å². The quantitative estimate of drug-likeness (QED) is 0.275. The summed E-state index contributed by atoms with van der Waals surface area (Å²) in [5.41, 5.74) is 3.27. The minimum absolute atomic E-state index is 0.0920. The van der Waals surface area contributed by atoms with Crippen molar-refractivity contribution in [2.24, 2.45) is 0 Å². The van der Waals surface area contributed by atoms with Gasteiger partial charge in [0, 0.05) is 42.3 Å². The number of benzene rings is 3. The maximum absolute atomic E-state index is 13.6. The molecule has 0 aliphatic rings. The third-order valence-corrected chi connectivity index (χ3v) is 6.45. The molecular weight excluding hydrogens is 472 g/mol. The largest absolute Gasteiger partial charge is 0.361 e. The van der Waals surface area contributed by atoms with Crippen LogP contribution in [0.1, 0.15) is 41.3 Å². The molecule has 0 aliphatic carbocycles. The van der Waals surface area contributed by atoms with Crippen molar-refractivity contribution in [2.75, 3.05) is 19.6 Å². The van der Waals surface area contributed by atoms with Crippen LogP contribution in [0, 0.1) is 11.6 Å². The first-order chi connectivity index (χ1) is 17.9. The zero-order valence-corrected chi connectivity index (χ0v) is 20.9. The van der Waals surface area contributed by atoms with Gasteiger partial charge in [-0.3, -0.25) is 9.59 Å². The molecule has 0 saturated carbocycles. The predicted molar refractivity (Wildman–Crippen MR) is 141 cm³/mol. The number of nitrogens with zero attached hydrogens (tertiary/aromatic N) is 2. The van der Waals surface area contributed by atoms with Gasteiger partial charge in [-0.15, -0.1) is 0 Å². The molecule has 4 rings (SSSR count). The van der Waals surface area contributed by atoms with Crippen LogP contribution >= 0.6 is 0 Å². The van der Waals surface area contributed by atoms with Gasteiger partial charge in [-0.1, -0.05) is 43.7 Å². The number of H-pyrrole nitrogens is 1. The molecule has 0 bridgehead atoms. The van der Waals surface area contributed by atoms with Gasteiger partial charge in [0.2, 0.25) is 5.91 Å². The molecule has 192 valence electrons. The van der Waals surface area contributed by atoms with Crippen molar-refractivity contribution in [3.8, 4) is 0 Å². The lowest BCUT2D eigenvalue weighted by atomic mass is 10.1. The van der Waals surface area contributed by atoms with Crippen molar-refractivity contribution in [1.29, 1.82) is 0 Å². The Labute approximate surface area is 215 Å². The first-order valence-electron chi connectivity index (χ1n) is 12.6. The van der Waals surface area contributed by atoms with E-state index in [0.29, 0.717) is 31.6 Å². The van der Waals surface area contributed by atoms with Crippen molar-refractivity contribution in [3.63, 3.8) is 0 Å². The van der Waals surface area contributed by atoms with E-state index in [4.69, 9.17) is 0 Å². The van der Waals surface area contributed by atoms with Crippen molar-refractivity contribution in [2.45, 2.75) is 32.7 Å². The summed E-state index contributed by atoms with van der Waals surface area (Å²) in [6, 6.07) is 19.5. The number of hydrogen-bond donors (Lipinski definition) is 1. The lowest BCUT2D eigenvalue weighted by molar-refractivity contribution is -0.132. The van der Waals surface area contributed by atoms with Gasteiger partial charge in [0.1, 0.15) is 18.2 Å². The fourth-order valence-electron chi connectivity index (χ4n) is 4.34. The second kappa shape index (κ2) is 12.3. The van der Waals surface area contributed by atoms with E-state index < -0.39 is 5.82 Å². The van der Waals surface area contributed by atoms with E-state index >= 15 is 0 Å². The Hall–Kier alpha value is -4.00. The molecule has 1 N–H and O–H groups in total. The average Bonchev–Trinajstić information content (AvgIpc) is 3.33. The van der Waals surface area contributed by atoms with Crippen LogP contribution in [0.3, 0.4) is 0 Å². The number of carbonyl (C=O) groups excluding carboxylic acids is 2. The highest BCUT2D eigenvalue weighted by molar-refractivity contribution is 5.96.